The number of carbonyl (C=O) groups excluding carboxylic acids is 5. The Labute approximate surface area is 222 Å². The van der Waals surface area contributed by atoms with Gasteiger partial charge in [0.15, 0.2) is 11.9 Å². The maximum Gasteiger partial charge on any atom is 0.303 e. The van der Waals surface area contributed by atoms with Crippen LogP contribution in [0, 0.1) is 28.1 Å². The molecule has 4 fully saturated rings. The zero-order valence-electron chi connectivity index (χ0n) is 23.1. The first kappa shape index (κ1) is 28.3. The molecule has 0 aromatic carbocycles. The molecule has 1 N–H and O–H groups in total. The minimum atomic E-state index is -2.05. The summed E-state index contributed by atoms with van der Waals surface area (Å²) in [4.78, 5) is 63.9. The van der Waals surface area contributed by atoms with Crippen molar-refractivity contribution >= 4 is 29.7 Å². The van der Waals surface area contributed by atoms with Crippen LogP contribution in [0.1, 0.15) is 74.1 Å². The first-order chi connectivity index (χ1) is 17.4. The molecule has 1 spiro atoms. The fraction of sp³-hybridized carbons (Fsp3) is 0.750. The number of ether oxygens (including phenoxy) is 4. The molecule has 0 aromatic heterocycles. The van der Waals surface area contributed by atoms with Crippen molar-refractivity contribution in [3.05, 3.63) is 12.2 Å². The first-order valence-corrected chi connectivity index (χ1v) is 13.1. The second-order valence-electron chi connectivity index (χ2n) is 12.4. The van der Waals surface area contributed by atoms with Crippen molar-refractivity contribution in [3.63, 3.8) is 0 Å². The smallest absolute Gasteiger partial charge is 0.303 e. The molecular weight excluding hydrogens is 496 g/mol. The third-order valence-electron chi connectivity index (χ3n) is 9.77. The van der Waals surface area contributed by atoms with Crippen LogP contribution in [0.5, 0.6) is 0 Å². The summed E-state index contributed by atoms with van der Waals surface area (Å²) >= 11 is 0. The normalized spacial score (nSPS) is 42.8. The number of hydrogen-bond acceptors (Lipinski definition) is 10. The summed E-state index contributed by atoms with van der Waals surface area (Å²) in [5.74, 6) is -4.34. The van der Waals surface area contributed by atoms with E-state index >= 15 is 0 Å². The van der Waals surface area contributed by atoms with E-state index in [1.165, 1.54) is 27.7 Å². The highest BCUT2D eigenvalue weighted by molar-refractivity contribution is 6.07. The lowest BCUT2D eigenvalue weighted by Crippen LogP contribution is -2.76. The van der Waals surface area contributed by atoms with E-state index in [4.69, 9.17) is 18.9 Å². The van der Waals surface area contributed by atoms with Crippen LogP contribution < -0.4 is 0 Å². The molecule has 0 aliphatic heterocycles. The molecule has 0 saturated heterocycles. The minimum Gasteiger partial charge on any atom is -0.462 e. The van der Waals surface area contributed by atoms with E-state index < -0.39 is 76.4 Å². The van der Waals surface area contributed by atoms with Gasteiger partial charge in [-0.3, -0.25) is 24.0 Å². The van der Waals surface area contributed by atoms with Crippen LogP contribution in [0.4, 0.5) is 0 Å². The second-order valence-corrected chi connectivity index (χ2v) is 12.4. The van der Waals surface area contributed by atoms with Crippen molar-refractivity contribution in [2.24, 2.45) is 28.1 Å². The van der Waals surface area contributed by atoms with Gasteiger partial charge in [-0.2, -0.15) is 0 Å². The molecule has 0 amide bonds. The Morgan fingerprint density at radius 3 is 1.92 bits per heavy atom. The third kappa shape index (κ3) is 3.73. The lowest BCUT2D eigenvalue weighted by Gasteiger charge is -2.68. The van der Waals surface area contributed by atoms with Crippen LogP contribution in [0.3, 0.4) is 0 Å². The molecule has 4 aliphatic rings. The maximum absolute atomic E-state index is 14.4. The van der Waals surface area contributed by atoms with Crippen molar-refractivity contribution in [3.8, 4) is 0 Å². The van der Waals surface area contributed by atoms with Crippen molar-refractivity contribution in [1.29, 1.82) is 0 Å². The summed E-state index contributed by atoms with van der Waals surface area (Å²) in [6.45, 7) is 14.9. The monoisotopic (exact) mass is 534 g/mol. The molecule has 38 heavy (non-hydrogen) atoms. The summed E-state index contributed by atoms with van der Waals surface area (Å²) in [5, 5.41) is 11.9. The van der Waals surface area contributed by atoms with Gasteiger partial charge >= 0.3 is 23.9 Å². The van der Waals surface area contributed by atoms with E-state index in [0.717, 1.165) is 0 Å². The molecule has 0 heterocycles. The molecule has 0 radical (unpaired) electrons. The number of hydrogen-bond donors (Lipinski definition) is 1. The molecular formula is C28H38O10. The van der Waals surface area contributed by atoms with Gasteiger partial charge in [0.05, 0.1) is 0 Å². The van der Waals surface area contributed by atoms with Gasteiger partial charge in [-0.25, -0.2) is 0 Å². The SMILES string of the molecule is C=C1C(=O)[C@]23[C@H]([C@@H](OC(C)=O)C[C@]1(O)[C@H]2OC(C)=O)[C@@]1(C)[C@H](C[C@H]3OC(C)=O)C(C)(C)CC[C@H]1OC(C)=O. The molecule has 10 nitrogen and oxygen atoms in total. The topological polar surface area (TPSA) is 143 Å². The average molecular weight is 535 g/mol. The predicted molar refractivity (Wildman–Crippen MR) is 131 cm³/mol. The van der Waals surface area contributed by atoms with Crippen LogP contribution in [0.15, 0.2) is 12.2 Å². The van der Waals surface area contributed by atoms with Crippen molar-refractivity contribution < 1.29 is 48.0 Å². The number of rotatable bonds is 4. The van der Waals surface area contributed by atoms with E-state index in [1.807, 2.05) is 6.92 Å². The van der Waals surface area contributed by atoms with Gasteiger partial charge in [0.1, 0.15) is 29.3 Å². The molecule has 0 unspecified atom stereocenters. The van der Waals surface area contributed by atoms with Crippen molar-refractivity contribution in [2.75, 3.05) is 0 Å². The molecule has 0 aromatic rings. The van der Waals surface area contributed by atoms with Gasteiger partial charge in [0, 0.05) is 51.0 Å². The lowest BCUT2D eigenvalue weighted by atomic mass is 9.38. The Bertz CT molecular complexity index is 1110. The molecule has 2 bridgehead atoms. The fourth-order valence-corrected chi connectivity index (χ4v) is 8.70. The van der Waals surface area contributed by atoms with E-state index in [0.29, 0.717) is 12.8 Å². The summed E-state index contributed by atoms with van der Waals surface area (Å²) in [6.07, 6.45) is -3.22. The van der Waals surface area contributed by atoms with Crippen LogP contribution in [0.2, 0.25) is 0 Å². The highest BCUT2D eigenvalue weighted by Gasteiger charge is 2.84. The Balaban J connectivity index is 2.09. The van der Waals surface area contributed by atoms with Gasteiger partial charge in [0.25, 0.3) is 0 Å². The van der Waals surface area contributed by atoms with Crippen LogP contribution >= 0.6 is 0 Å². The fourth-order valence-electron chi connectivity index (χ4n) is 8.70. The van der Waals surface area contributed by atoms with E-state index in [2.05, 4.69) is 20.4 Å². The van der Waals surface area contributed by atoms with E-state index in [-0.39, 0.29) is 29.7 Å². The first-order valence-electron chi connectivity index (χ1n) is 13.1. The minimum absolute atomic E-state index is 0.178. The lowest BCUT2D eigenvalue weighted by molar-refractivity contribution is -0.298. The Kier molecular flexibility index (Phi) is 6.61. The van der Waals surface area contributed by atoms with Gasteiger partial charge in [-0.1, -0.05) is 27.4 Å². The maximum atomic E-state index is 14.4. The standard InChI is InChI=1S/C28H38O10/c1-13-23(33)28-21(37-16(4)31)11-19-25(6,7)10-9-20(36-15(3)30)26(19,8)22(28)18(35-14(2)29)12-27(13,34)24(28)38-17(5)32/h18-22,24,34H,1,9-12H2,2-8H3/t18-,19+,20+,21+,22+,24+,26-,27+,28-/m0/s1. The van der Waals surface area contributed by atoms with Crippen LogP contribution in [0.25, 0.3) is 0 Å². The summed E-state index contributed by atoms with van der Waals surface area (Å²) in [7, 11) is 0. The molecule has 210 valence electrons. The largest absolute Gasteiger partial charge is 0.462 e. The Morgan fingerprint density at radius 2 is 1.39 bits per heavy atom. The third-order valence-corrected chi connectivity index (χ3v) is 9.77. The van der Waals surface area contributed by atoms with Gasteiger partial charge in [0.2, 0.25) is 0 Å². The number of fused-ring (bicyclic) bond motifs is 3. The molecule has 10 heteroatoms. The van der Waals surface area contributed by atoms with E-state index in [9.17, 15) is 29.1 Å². The van der Waals surface area contributed by atoms with Gasteiger partial charge in [-0.05, 0) is 30.6 Å². The van der Waals surface area contributed by atoms with Crippen LogP contribution in [-0.2, 0) is 42.9 Å². The van der Waals surface area contributed by atoms with E-state index in [1.54, 1.807) is 0 Å². The summed E-state index contributed by atoms with van der Waals surface area (Å²) in [5.41, 5.74) is -5.41. The quantitative estimate of drug-likeness (QED) is 0.325. The second kappa shape index (κ2) is 8.89. The summed E-state index contributed by atoms with van der Waals surface area (Å²) < 4.78 is 23.3. The number of ketones is 1. The number of carbonyl (C=O) groups is 5. The highest BCUT2D eigenvalue weighted by Crippen LogP contribution is 2.73. The highest BCUT2D eigenvalue weighted by atomic mass is 16.6. The number of Topliss-reactive ketones (excluding diaryl/α,β-unsaturated/α-hetero) is 1. The zero-order valence-corrected chi connectivity index (χ0v) is 23.1. The van der Waals surface area contributed by atoms with Crippen LogP contribution in [-0.4, -0.2) is 64.8 Å². The Morgan fingerprint density at radius 1 is 0.868 bits per heavy atom. The molecule has 4 rings (SSSR count). The van der Waals surface area contributed by atoms with Crippen molar-refractivity contribution in [2.45, 2.75) is 104 Å². The van der Waals surface area contributed by atoms with Gasteiger partial charge < -0.3 is 24.1 Å². The molecule has 4 aliphatic carbocycles. The predicted octanol–water partition coefficient (Wildman–Crippen LogP) is 2.44. The zero-order chi connectivity index (χ0) is 28.6. The van der Waals surface area contributed by atoms with Crippen molar-refractivity contribution in [1.82, 2.24) is 0 Å². The average Bonchev–Trinajstić information content (AvgIpc) is 2.85. The molecule has 9 atom stereocenters. The Hall–Kier alpha value is -2.75. The van der Waals surface area contributed by atoms with Gasteiger partial charge in [-0.15, -0.1) is 0 Å². The number of aliphatic hydroxyl groups is 1. The number of esters is 4. The molecule has 4 saturated carbocycles. The summed E-state index contributed by atoms with van der Waals surface area (Å²) in [6, 6.07) is 0.